The van der Waals surface area contributed by atoms with Crippen molar-refractivity contribution in [3.05, 3.63) is 112 Å². The molecule has 0 spiro atoms. The molecule has 51 heavy (non-hydrogen) atoms. The molecule has 3 aromatic heterocycles. The number of thiazole rings is 1. The maximum absolute atomic E-state index is 15.3. The average Bonchev–Trinajstić information content (AvgIpc) is 3.81. The number of nitrogens with zero attached hydrogens (tertiary/aromatic N) is 7. The van der Waals surface area contributed by atoms with E-state index in [9.17, 15) is 19.1 Å². The number of aliphatic hydroxyl groups is 1. The molecule has 2 aromatic carbocycles. The number of ether oxygens (including phenoxy) is 2. The molecular formula is C35H35F2N8O5S+. The molecule has 0 aliphatic rings. The molecule has 16 heteroatoms. The number of esters is 1. The predicted octanol–water partition coefficient (Wildman–Crippen LogP) is 4.58. The molecule has 0 aliphatic heterocycles. The minimum Gasteiger partial charge on any atom is -0.460 e. The molecule has 2 N–H and O–H groups in total. The van der Waals surface area contributed by atoms with Gasteiger partial charge in [0.2, 0.25) is 12.6 Å². The number of halogens is 2. The molecule has 0 fully saturated rings. The Kier molecular flexibility index (Phi) is 11.4. The summed E-state index contributed by atoms with van der Waals surface area (Å²) in [5.41, 5.74) is 0.234. The van der Waals surface area contributed by atoms with Crippen LogP contribution in [-0.2, 0) is 33.0 Å². The topological polar surface area (TPSA) is 159 Å². The summed E-state index contributed by atoms with van der Waals surface area (Å²) in [6, 6.07) is 15.2. The van der Waals surface area contributed by atoms with Crippen LogP contribution in [0.25, 0.3) is 11.3 Å². The number of benzene rings is 2. The third-order valence-electron chi connectivity index (χ3n) is 8.18. The third-order valence-corrected chi connectivity index (χ3v) is 9.21. The fraction of sp³-hybridized carbons (Fsp3) is 0.286. The molecule has 0 bridgehead atoms. The Morgan fingerprint density at radius 1 is 1.20 bits per heavy atom. The number of likely N-dealkylation sites (N-methyl/N-ethyl adjacent to an activating group) is 1. The third kappa shape index (κ3) is 8.40. The highest BCUT2D eigenvalue weighted by Gasteiger charge is 2.43. The van der Waals surface area contributed by atoms with Gasteiger partial charge < -0.3 is 19.9 Å². The fourth-order valence-electron chi connectivity index (χ4n) is 5.26. The summed E-state index contributed by atoms with van der Waals surface area (Å²) in [4.78, 5) is 35.1. The van der Waals surface area contributed by atoms with E-state index in [2.05, 4.69) is 21.5 Å². The quantitative estimate of drug-likeness (QED) is 0.130. The Hall–Kier alpha value is -5.63. The number of amides is 1. The van der Waals surface area contributed by atoms with Gasteiger partial charge in [0, 0.05) is 59.3 Å². The van der Waals surface area contributed by atoms with E-state index in [0.717, 1.165) is 11.6 Å². The van der Waals surface area contributed by atoms with Gasteiger partial charge in [0.1, 0.15) is 36.2 Å². The van der Waals surface area contributed by atoms with E-state index in [1.54, 1.807) is 62.7 Å². The summed E-state index contributed by atoms with van der Waals surface area (Å²) in [6.45, 7) is 2.93. The molecule has 0 aliphatic carbocycles. The molecule has 3 unspecified atom stereocenters. The molecule has 0 radical (unpaired) electrons. The van der Waals surface area contributed by atoms with Crippen molar-refractivity contribution >= 4 is 29.2 Å². The van der Waals surface area contributed by atoms with Crippen molar-refractivity contribution in [2.24, 2.45) is 0 Å². The predicted molar refractivity (Wildman–Crippen MR) is 181 cm³/mol. The average molecular weight is 718 g/mol. The highest BCUT2D eigenvalue weighted by Crippen LogP contribution is 2.41. The van der Waals surface area contributed by atoms with E-state index >= 15 is 4.39 Å². The van der Waals surface area contributed by atoms with Gasteiger partial charge in [-0.1, -0.05) is 31.2 Å². The smallest absolute Gasteiger partial charge is 0.418 e. The van der Waals surface area contributed by atoms with E-state index < -0.39 is 41.4 Å². The van der Waals surface area contributed by atoms with Crippen LogP contribution in [-0.4, -0.2) is 57.6 Å². The number of aromatic nitrogens is 5. The summed E-state index contributed by atoms with van der Waals surface area (Å²) < 4.78 is 43.0. The van der Waals surface area contributed by atoms with E-state index in [1.807, 2.05) is 0 Å². The normalized spacial score (nSPS) is 13.5. The highest BCUT2D eigenvalue weighted by atomic mass is 32.1. The second-order valence-electron chi connectivity index (χ2n) is 11.6. The van der Waals surface area contributed by atoms with E-state index in [1.165, 1.54) is 57.5 Å². The van der Waals surface area contributed by atoms with Crippen molar-refractivity contribution in [3.8, 4) is 17.3 Å². The van der Waals surface area contributed by atoms with Gasteiger partial charge in [0.25, 0.3) is 6.33 Å². The van der Waals surface area contributed by atoms with Crippen LogP contribution < -0.4 is 14.8 Å². The first-order chi connectivity index (χ1) is 24.4. The number of pyridine rings is 1. The Morgan fingerprint density at radius 3 is 2.67 bits per heavy atom. The van der Waals surface area contributed by atoms with Gasteiger partial charge in [0.15, 0.2) is 0 Å². The van der Waals surface area contributed by atoms with Gasteiger partial charge in [-0.15, -0.1) is 16.0 Å². The molecular weight excluding hydrogens is 682 g/mol. The number of carbonyl (C=O) groups is 2. The SMILES string of the molecule is CNCC(=O)OCc1cccnc1N(C)C(=O)OC(C)[n+]1cnn(CC(O)(c2ccc(F)cc2F)C(C)c2nc(-c3ccc(C#N)cc3)cs2)c1. The van der Waals surface area contributed by atoms with Crippen LogP contribution in [0.5, 0.6) is 0 Å². The lowest BCUT2D eigenvalue weighted by Crippen LogP contribution is -2.42. The zero-order chi connectivity index (χ0) is 36.7. The zero-order valence-electron chi connectivity index (χ0n) is 28.2. The van der Waals surface area contributed by atoms with Crippen molar-refractivity contribution < 1.29 is 37.5 Å². The number of carbonyl (C=O) groups excluding carboxylic acids is 2. The minimum atomic E-state index is -1.96. The Balaban J connectivity index is 1.35. The molecule has 5 aromatic rings. The second kappa shape index (κ2) is 15.9. The Bertz CT molecular complexity index is 2050. The molecule has 13 nitrogen and oxygen atoms in total. The number of nitrogens with one attached hydrogen (secondary N) is 1. The lowest BCUT2D eigenvalue weighted by Gasteiger charge is -2.32. The fourth-order valence-corrected chi connectivity index (χ4v) is 6.23. The van der Waals surface area contributed by atoms with Crippen molar-refractivity contribution in [2.75, 3.05) is 25.5 Å². The first kappa shape index (κ1) is 36.6. The van der Waals surface area contributed by atoms with Crippen molar-refractivity contribution in [3.63, 3.8) is 0 Å². The van der Waals surface area contributed by atoms with Crippen LogP contribution in [0.1, 0.15) is 47.7 Å². The maximum atomic E-state index is 15.3. The highest BCUT2D eigenvalue weighted by molar-refractivity contribution is 7.10. The molecule has 264 valence electrons. The maximum Gasteiger partial charge on any atom is 0.418 e. The number of rotatable bonds is 13. The lowest BCUT2D eigenvalue weighted by atomic mass is 9.82. The minimum absolute atomic E-state index is 0.0246. The number of anilines is 1. The Labute approximate surface area is 296 Å². The van der Waals surface area contributed by atoms with Gasteiger partial charge in [-0.2, -0.15) is 9.83 Å². The lowest BCUT2D eigenvalue weighted by molar-refractivity contribution is -0.753. The molecule has 3 atom stereocenters. The number of hydrogen-bond donors (Lipinski definition) is 2. The summed E-state index contributed by atoms with van der Waals surface area (Å²) in [7, 11) is 3.09. The first-order valence-electron chi connectivity index (χ1n) is 15.7. The second-order valence-corrected chi connectivity index (χ2v) is 12.5. The molecule has 0 saturated carbocycles. The summed E-state index contributed by atoms with van der Waals surface area (Å²) in [5, 5.41) is 30.7. The van der Waals surface area contributed by atoms with Crippen LogP contribution in [0.2, 0.25) is 0 Å². The summed E-state index contributed by atoms with van der Waals surface area (Å²) >= 11 is 1.27. The molecule has 3 heterocycles. The molecule has 1 amide bonds. The molecule has 0 saturated heterocycles. The van der Waals surface area contributed by atoms with Gasteiger partial charge >= 0.3 is 12.1 Å². The van der Waals surface area contributed by atoms with Crippen LogP contribution >= 0.6 is 11.3 Å². The van der Waals surface area contributed by atoms with Crippen molar-refractivity contribution in [1.29, 1.82) is 5.26 Å². The zero-order valence-corrected chi connectivity index (χ0v) is 29.0. The van der Waals surface area contributed by atoms with Gasteiger partial charge in [-0.05, 0) is 31.3 Å². The van der Waals surface area contributed by atoms with Crippen LogP contribution in [0.4, 0.5) is 19.4 Å². The first-order valence-corrected chi connectivity index (χ1v) is 16.6. The van der Waals surface area contributed by atoms with E-state index in [4.69, 9.17) is 19.7 Å². The van der Waals surface area contributed by atoms with Crippen LogP contribution in [0, 0.1) is 23.0 Å². The Morgan fingerprint density at radius 2 is 1.96 bits per heavy atom. The molecule has 5 rings (SSSR count). The van der Waals surface area contributed by atoms with Crippen molar-refractivity contribution in [1.82, 2.24) is 25.1 Å². The monoisotopic (exact) mass is 717 g/mol. The van der Waals surface area contributed by atoms with Crippen molar-refractivity contribution in [2.45, 2.75) is 44.7 Å². The van der Waals surface area contributed by atoms with Crippen LogP contribution in [0.15, 0.2) is 78.8 Å². The van der Waals surface area contributed by atoms with Crippen LogP contribution in [0.3, 0.4) is 0 Å². The number of nitriles is 1. The summed E-state index contributed by atoms with van der Waals surface area (Å²) in [5.74, 6) is -2.78. The number of hydrogen-bond acceptors (Lipinski definition) is 11. The van der Waals surface area contributed by atoms with Gasteiger partial charge in [-0.3, -0.25) is 9.69 Å². The van der Waals surface area contributed by atoms with E-state index in [0.29, 0.717) is 27.9 Å². The van der Waals surface area contributed by atoms with E-state index in [-0.39, 0.29) is 31.1 Å². The summed E-state index contributed by atoms with van der Waals surface area (Å²) in [6.07, 6.45) is 2.70. The largest absolute Gasteiger partial charge is 0.460 e. The van der Waals surface area contributed by atoms with Gasteiger partial charge in [-0.25, -0.2) is 23.5 Å². The standard InChI is InChI=1S/C35H35F2N8O5S/c1-22(33-42-30(18-51-33)25-9-7-24(15-38)8-10-25)35(48,28-12-11-27(36)14-29(28)37)19-45-21-44(20-41-45)23(2)50-34(47)43(4)32-26(6-5-13-40-32)17-49-31(46)16-39-3/h5-14,18,20-23,39,48H,16-17,19H2,1-4H3/q+1. The van der Waals surface area contributed by atoms with Gasteiger partial charge in [0.05, 0.1) is 28.9 Å².